The van der Waals surface area contributed by atoms with Crippen molar-refractivity contribution in [3.05, 3.63) is 24.0 Å². The summed E-state index contributed by atoms with van der Waals surface area (Å²) in [5.74, 6) is 6.32. The van der Waals surface area contributed by atoms with Gasteiger partial charge in [-0.3, -0.25) is 19.8 Å². The van der Waals surface area contributed by atoms with Crippen LogP contribution in [0.15, 0.2) is 18.5 Å². The fourth-order valence-electron chi connectivity index (χ4n) is 1.71. The minimum absolute atomic E-state index is 0.1000. The van der Waals surface area contributed by atoms with Crippen LogP contribution in [0.1, 0.15) is 10.4 Å². The molecule has 0 unspecified atom stereocenters. The number of nitrogens with one attached hydrogen (secondary N) is 1. The second-order valence-corrected chi connectivity index (χ2v) is 5.40. The molecule has 1 aliphatic heterocycles. The summed E-state index contributed by atoms with van der Waals surface area (Å²) in [6, 6.07) is 1.63. The van der Waals surface area contributed by atoms with E-state index in [0.717, 1.165) is 0 Å². The number of nitrogens with two attached hydrogens (primary N) is 1. The summed E-state index contributed by atoms with van der Waals surface area (Å²) in [6.45, 7) is 1.05. The van der Waals surface area contributed by atoms with Crippen LogP contribution in [0.4, 0.5) is 5.69 Å². The quantitative estimate of drug-likeness (QED) is 0.552. The molecule has 2 rings (SSSR count). The zero-order chi connectivity index (χ0) is 12.3. The van der Waals surface area contributed by atoms with Gasteiger partial charge in [-0.15, -0.1) is 0 Å². The van der Waals surface area contributed by atoms with Gasteiger partial charge in [0, 0.05) is 41.6 Å². The van der Waals surface area contributed by atoms with E-state index in [1.807, 2.05) is 0 Å². The first-order chi connectivity index (χ1) is 8.22. The molecular weight excluding hydrogens is 240 g/mol. The first-order valence-corrected chi connectivity index (χ1v) is 6.76. The zero-order valence-electron chi connectivity index (χ0n) is 9.26. The first-order valence-electron chi connectivity index (χ1n) is 5.27. The van der Waals surface area contributed by atoms with Crippen molar-refractivity contribution < 1.29 is 9.00 Å². The van der Waals surface area contributed by atoms with Gasteiger partial charge in [0.25, 0.3) is 5.91 Å². The van der Waals surface area contributed by atoms with Crippen molar-refractivity contribution in [2.45, 2.75) is 0 Å². The monoisotopic (exact) mass is 254 g/mol. The van der Waals surface area contributed by atoms with Gasteiger partial charge in [0.1, 0.15) is 0 Å². The van der Waals surface area contributed by atoms with Crippen LogP contribution >= 0.6 is 0 Å². The Labute approximate surface area is 102 Å². The highest BCUT2D eigenvalue weighted by molar-refractivity contribution is 7.85. The molecule has 0 saturated carbocycles. The number of carbonyl (C=O) groups is 1. The molecule has 92 valence electrons. The first kappa shape index (κ1) is 12.0. The summed E-state index contributed by atoms with van der Waals surface area (Å²) in [5, 5.41) is 0. The van der Waals surface area contributed by atoms with Gasteiger partial charge in [0.2, 0.25) is 0 Å². The molecule has 17 heavy (non-hydrogen) atoms. The Balaban J connectivity index is 2.16. The van der Waals surface area contributed by atoms with E-state index >= 15 is 0 Å². The molecule has 1 aromatic rings. The van der Waals surface area contributed by atoms with Gasteiger partial charge in [-0.25, -0.2) is 0 Å². The molecule has 0 radical (unpaired) electrons. The summed E-state index contributed by atoms with van der Waals surface area (Å²) in [5.41, 5.74) is 3.45. The Morgan fingerprint density at radius 3 is 2.82 bits per heavy atom. The SMILES string of the molecule is NNc1cnccc1C(=O)N1CCS(=O)CC1. The van der Waals surface area contributed by atoms with E-state index in [1.165, 1.54) is 6.20 Å². The molecule has 0 bridgehead atoms. The third kappa shape index (κ3) is 2.62. The molecule has 3 N–H and O–H groups in total. The van der Waals surface area contributed by atoms with Crippen molar-refractivity contribution in [2.24, 2.45) is 5.84 Å². The van der Waals surface area contributed by atoms with E-state index in [9.17, 15) is 9.00 Å². The maximum absolute atomic E-state index is 12.2. The highest BCUT2D eigenvalue weighted by atomic mass is 32.2. The number of carbonyl (C=O) groups excluding carboxylic acids is 1. The van der Waals surface area contributed by atoms with Crippen LogP contribution in [-0.2, 0) is 10.8 Å². The molecule has 2 heterocycles. The number of nitrogens with zero attached hydrogens (tertiary/aromatic N) is 2. The Hall–Kier alpha value is -1.47. The van der Waals surface area contributed by atoms with Crippen molar-refractivity contribution in [2.75, 3.05) is 30.0 Å². The van der Waals surface area contributed by atoms with Crippen molar-refractivity contribution in [1.82, 2.24) is 9.88 Å². The summed E-state index contributed by atoms with van der Waals surface area (Å²) in [4.78, 5) is 17.8. The zero-order valence-corrected chi connectivity index (χ0v) is 10.1. The highest BCUT2D eigenvalue weighted by Gasteiger charge is 2.22. The molecule has 1 aliphatic rings. The number of nitrogen functional groups attached to an aromatic ring is 1. The van der Waals surface area contributed by atoms with Gasteiger partial charge in [-0.05, 0) is 6.07 Å². The molecule has 6 nitrogen and oxygen atoms in total. The molecule has 1 aromatic heterocycles. The Morgan fingerprint density at radius 1 is 1.47 bits per heavy atom. The lowest BCUT2D eigenvalue weighted by atomic mass is 10.2. The summed E-state index contributed by atoms with van der Waals surface area (Å²) in [7, 11) is -0.788. The average molecular weight is 254 g/mol. The topological polar surface area (TPSA) is 88.3 Å². The number of hydrogen-bond donors (Lipinski definition) is 2. The maximum Gasteiger partial charge on any atom is 0.256 e. The number of amides is 1. The van der Waals surface area contributed by atoms with Crippen LogP contribution in [0.2, 0.25) is 0 Å². The lowest BCUT2D eigenvalue weighted by molar-refractivity contribution is 0.0772. The van der Waals surface area contributed by atoms with E-state index in [1.54, 1.807) is 17.2 Å². The van der Waals surface area contributed by atoms with Crippen LogP contribution in [0.3, 0.4) is 0 Å². The molecule has 1 saturated heterocycles. The Morgan fingerprint density at radius 2 is 2.18 bits per heavy atom. The lowest BCUT2D eigenvalue weighted by Crippen LogP contribution is -2.42. The predicted octanol–water partition coefficient (Wildman–Crippen LogP) is -0.428. The number of rotatable bonds is 2. The van der Waals surface area contributed by atoms with E-state index < -0.39 is 10.8 Å². The van der Waals surface area contributed by atoms with Crippen molar-refractivity contribution in [3.8, 4) is 0 Å². The van der Waals surface area contributed by atoms with E-state index in [-0.39, 0.29) is 5.91 Å². The Kier molecular flexibility index (Phi) is 3.70. The van der Waals surface area contributed by atoms with E-state index in [2.05, 4.69) is 10.4 Å². The number of hydrogen-bond acceptors (Lipinski definition) is 5. The van der Waals surface area contributed by atoms with Crippen molar-refractivity contribution in [3.63, 3.8) is 0 Å². The number of aromatic nitrogens is 1. The average Bonchev–Trinajstić information content (AvgIpc) is 2.39. The molecule has 7 heteroatoms. The molecule has 1 amide bonds. The predicted molar refractivity (Wildman–Crippen MR) is 65.8 cm³/mol. The molecule has 0 aliphatic carbocycles. The normalized spacial score (nSPS) is 16.9. The third-order valence-corrected chi connectivity index (χ3v) is 3.95. The van der Waals surface area contributed by atoms with Crippen LogP contribution in [-0.4, -0.2) is 44.6 Å². The van der Waals surface area contributed by atoms with Gasteiger partial charge >= 0.3 is 0 Å². The van der Waals surface area contributed by atoms with Crippen LogP contribution in [0, 0.1) is 0 Å². The van der Waals surface area contributed by atoms with Crippen molar-refractivity contribution in [1.29, 1.82) is 0 Å². The Bertz CT molecular complexity index is 442. The fraction of sp³-hybridized carbons (Fsp3) is 0.400. The van der Waals surface area contributed by atoms with Gasteiger partial charge in [-0.1, -0.05) is 0 Å². The second-order valence-electron chi connectivity index (χ2n) is 3.71. The summed E-state index contributed by atoms with van der Waals surface area (Å²) in [6.07, 6.45) is 3.06. The van der Waals surface area contributed by atoms with Crippen LogP contribution in [0.25, 0.3) is 0 Å². The number of anilines is 1. The van der Waals surface area contributed by atoms with Crippen molar-refractivity contribution >= 4 is 22.4 Å². The van der Waals surface area contributed by atoms with Gasteiger partial charge in [0.15, 0.2) is 0 Å². The smallest absolute Gasteiger partial charge is 0.256 e. The highest BCUT2D eigenvalue weighted by Crippen LogP contribution is 2.15. The third-order valence-electron chi connectivity index (χ3n) is 2.67. The molecular formula is C10H14N4O2S. The molecule has 0 spiro atoms. The standard InChI is InChI=1S/C10H14N4O2S/c11-13-9-7-12-2-1-8(9)10(15)14-3-5-17(16)6-4-14/h1-2,7,13H,3-6,11H2. The lowest BCUT2D eigenvalue weighted by Gasteiger charge is -2.26. The van der Waals surface area contributed by atoms with Gasteiger partial charge in [0.05, 0.1) is 17.4 Å². The van der Waals surface area contributed by atoms with E-state index in [4.69, 9.17) is 5.84 Å². The molecule has 1 fully saturated rings. The molecule has 0 atom stereocenters. The maximum atomic E-state index is 12.2. The largest absolute Gasteiger partial charge is 0.337 e. The summed E-state index contributed by atoms with van der Waals surface area (Å²) < 4.78 is 11.2. The van der Waals surface area contributed by atoms with Gasteiger partial charge < -0.3 is 10.3 Å². The van der Waals surface area contributed by atoms with Gasteiger partial charge in [-0.2, -0.15) is 0 Å². The minimum Gasteiger partial charge on any atom is -0.337 e. The fourth-order valence-corrected chi connectivity index (χ4v) is 2.76. The summed E-state index contributed by atoms with van der Waals surface area (Å²) >= 11 is 0. The number of pyridine rings is 1. The molecule has 0 aromatic carbocycles. The van der Waals surface area contributed by atoms with Crippen LogP contribution in [0.5, 0.6) is 0 Å². The van der Waals surface area contributed by atoms with E-state index in [0.29, 0.717) is 35.8 Å². The number of hydrazine groups is 1. The minimum atomic E-state index is -0.788. The van der Waals surface area contributed by atoms with Crippen LogP contribution < -0.4 is 11.3 Å². The second kappa shape index (κ2) is 5.24.